The number of nitrogens with zero attached hydrogens (tertiary/aromatic N) is 4. The van der Waals surface area contributed by atoms with Crippen molar-refractivity contribution in [2.24, 2.45) is 7.05 Å². The van der Waals surface area contributed by atoms with Crippen LogP contribution < -0.4 is 5.32 Å². The Morgan fingerprint density at radius 3 is 2.45 bits per heavy atom. The van der Waals surface area contributed by atoms with E-state index in [1.165, 1.54) is 0 Å². The Labute approximate surface area is 126 Å². The molecule has 0 aliphatic rings. The highest BCUT2D eigenvalue weighted by Crippen LogP contribution is 2.23. The Morgan fingerprint density at radius 1 is 1.35 bits per heavy atom. The summed E-state index contributed by atoms with van der Waals surface area (Å²) in [6.45, 7) is 7.58. The first-order valence-electron chi connectivity index (χ1n) is 6.33. The van der Waals surface area contributed by atoms with Gasteiger partial charge in [-0.25, -0.2) is 0 Å². The molecule has 1 unspecified atom stereocenters. The molecule has 0 aliphatic carbocycles. The number of hydrogen-bond acceptors (Lipinski definition) is 3. The fraction of sp³-hybridized carbons (Fsp3) is 0.462. The molecule has 20 heavy (non-hydrogen) atoms. The molecule has 1 amide bonds. The molecule has 7 heteroatoms. The predicted octanol–water partition coefficient (Wildman–Crippen LogP) is 2.50. The fourth-order valence-corrected chi connectivity index (χ4v) is 2.25. The Balaban J connectivity index is 2.21. The number of aryl methyl sites for hydroxylation is 2. The van der Waals surface area contributed by atoms with Crippen molar-refractivity contribution in [2.45, 2.75) is 33.7 Å². The van der Waals surface area contributed by atoms with Gasteiger partial charge < -0.3 is 5.32 Å². The third-order valence-corrected chi connectivity index (χ3v) is 4.62. The van der Waals surface area contributed by atoms with Gasteiger partial charge in [-0.15, -0.1) is 0 Å². The maximum Gasteiger partial charge on any atom is 0.249 e. The lowest BCUT2D eigenvalue weighted by molar-refractivity contribution is -0.119. The van der Waals surface area contributed by atoms with Crippen molar-refractivity contribution < 1.29 is 4.79 Å². The number of nitrogens with one attached hydrogen (secondary N) is 1. The van der Waals surface area contributed by atoms with Crippen LogP contribution in [0.2, 0.25) is 0 Å². The lowest BCUT2D eigenvalue weighted by atomic mass is 10.3. The van der Waals surface area contributed by atoms with Crippen LogP contribution in [0.15, 0.2) is 10.7 Å². The van der Waals surface area contributed by atoms with Gasteiger partial charge in [0.1, 0.15) is 6.04 Å². The third kappa shape index (κ3) is 2.49. The van der Waals surface area contributed by atoms with E-state index >= 15 is 0 Å². The summed E-state index contributed by atoms with van der Waals surface area (Å²) in [4.78, 5) is 12.3. The first-order chi connectivity index (χ1) is 9.32. The Hall–Kier alpha value is -1.63. The summed E-state index contributed by atoms with van der Waals surface area (Å²) >= 11 is 3.47. The molecule has 1 N–H and O–H groups in total. The smallest absolute Gasteiger partial charge is 0.249 e. The Kier molecular flexibility index (Phi) is 3.99. The number of amides is 1. The fourth-order valence-electron chi connectivity index (χ4n) is 1.99. The molecule has 2 aromatic rings. The highest BCUT2D eigenvalue weighted by molar-refractivity contribution is 9.10. The van der Waals surface area contributed by atoms with Crippen LogP contribution in [-0.2, 0) is 11.8 Å². The number of anilines is 1. The number of hydrogen-bond donors (Lipinski definition) is 1. The molecule has 0 saturated carbocycles. The van der Waals surface area contributed by atoms with E-state index in [-0.39, 0.29) is 11.9 Å². The summed E-state index contributed by atoms with van der Waals surface area (Å²) in [5.41, 5.74) is 3.46. The van der Waals surface area contributed by atoms with Crippen molar-refractivity contribution in [3.63, 3.8) is 0 Å². The monoisotopic (exact) mass is 339 g/mol. The van der Waals surface area contributed by atoms with Crippen molar-refractivity contribution in [2.75, 3.05) is 5.32 Å². The molecule has 2 rings (SSSR count). The summed E-state index contributed by atoms with van der Waals surface area (Å²) in [6, 6.07) is -0.389. The maximum atomic E-state index is 12.3. The van der Waals surface area contributed by atoms with E-state index in [2.05, 4.69) is 31.4 Å². The number of rotatable bonds is 3. The van der Waals surface area contributed by atoms with Crippen molar-refractivity contribution in [3.05, 3.63) is 27.8 Å². The van der Waals surface area contributed by atoms with Gasteiger partial charge in [0.25, 0.3) is 0 Å². The molecule has 0 spiro atoms. The zero-order valence-corrected chi connectivity index (χ0v) is 13.8. The Morgan fingerprint density at radius 2 is 2.00 bits per heavy atom. The van der Waals surface area contributed by atoms with Gasteiger partial charge in [-0.2, -0.15) is 10.2 Å². The standard InChI is InChI=1S/C13H18BrN5O/c1-7-12(14)9(3)19(17-7)10(4)13(20)16-11-6-15-18(5)8(11)2/h6,10H,1-5H3,(H,16,20). The molecule has 1 atom stereocenters. The van der Waals surface area contributed by atoms with Gasteiger partial charge in [-0.05, 0) is 43.6 Å². The highest BCUT2D eigenvalue weighted by Gasteiger charge is 2.21. The van der Waals surface area contributed by atoms with Gasteiger partial charge >= 0.3 is 0 Å². The van der Waals surface area contributed by atoms with Crippen molar-refractivity contribution >= 4 is 27.5 Å². The molecule has 0 aliphatic heterocycles. The molecule has 6 nitrogen and oxygen atoms in total. The van der Waals surface area contributed by atoms with Crippen LogP contribution >= 0.6 is 15.9 Å². The van der Waals surface area contributed by atoms with Crippen LogP contribution in [0.5, 0.6) is 0 Å². The third-order valence-electron chi connectivity index (χ3n) is 3.48. The minimum Gasteiger partial charge on any atom is -0.321 e. The second-order valence-electron chi connectivity index (χ2n) is 4.86. The van der Waals surface area contributed by atoms with Gasteiger partial charge in [0.2, 0.25) is 5.91 Å². The first-order valence-corrected chi connectivity index (χ1v) is 7.13. The van der Waals surface area contributed by atoms with Gasteiger partial charge in [-0.3, -0.25) is 14.2 Å². The normalized spacial score (nSPS) is 12.5. The van der Waals surface area contributed by atoms with E-state index in [0.717, 1.165) is 27.2 Å². The largest absolute Gasteiger partial charge is 0.321 e. The molecule has 0 radical (unpaired) electrons. The van der Waals surface area contributed by atoms with E-state index in [4.69, 9.17) is 0 Å². The Bertz CT molecular complexity index is 658. The maximum absolute atomic E-state index is 12.3. The molecule has 2 heterocycles. The van der Waals surface area contributed by atoms with Crippen molar-refractivity contribution in [1.29, 1.82) is 0 Å². The molecule has 2 aromatic heterocycles. The van der Waals surface area contributed by atoms with E-state index in [1.54, 1.807) is 15.6 Å². The lowest BCUT2D eigenvalue weighted by Crippen LogP contribution is -2.25. The minimum absolute atomic E-state index is 0.112. The number of carbonyl (C=O) groups excluding carboxylic acids is 1. The van der Waals surface area contributed by atoms with Crippen molar-refractivity contribution in [3.8, 4) is 0 Å². The molecule has 108 valence electrons. The highest BCUT2D eigenvalue weighted by atomic mass is 79.9. The van der Waals surface area contributed by atoms with Crippen LogP contribution in [0.3, 0.4) is 0 Å². The predicted molar refractivity (Wildman–Crippen MR) is 80.7 cm³/mol. The number of halogens is 1. The molecule has 0 fully saturated rings. The molecular weight excluding hydrogens is 322 g/mol. The van der Waals surface area contributed by atoms with Gasteiger partial charge in [0.15, 0.2) is 0 Å². The lowest BCUT2D eigenvalue weighted by Gasteiger charge is -2.14. The minimum atomic E-state index is -0.389. The first kappa shape index (κ1) is 14.8. The van der Waals surface area contributed by atoms with Crippen LogP contribution in [0.25, 0.3) is 0 Å². The SMILES string of the molecule is Cc1nn(C(C)C(=O)Nc2cnn(C)c2C)c(C)c1Br. The molecular formula is C13H18BrN5O. The zero-order valence-electron chi connectivity index (χ0n) is 12.2. The quantitative estimate of drug-likeness (QED) is 0.934. The molecule has 0 aromatic carbocycles. The summed E-state index contributed by atoms with van der Waals surface area (Å²) in [6.07, 6.45) is 1.65. The summed E-state index contributed by atoms with van der Waals surface area (Å²) in [7, 11) is 1.84. The summed E-state index contributed by atoms with van der Waals surface area (Å²) in [5, 5.41) is 11.4. The van der Waals surface area contributed by atoms with Crippen LogP contribution in [0.4, 0.5) is 5.69 Å². The molecule has 0 bridgehead atoms. The second kappa shape index (κ2) is 5.40. The van der Waals surface area contributed by atoms with Crippen LogP contribution in [-0.4, -0.2) is 25.5 Å². The second-order valence-corrected chi connectivity index (χ2v) is 5.65. The topological polar surface area (TPSA) is 64.7 Å². The van der Waals surface area contributed by atoms with E-state index < -0.39 is 0 Å². The van der Waals surface area contributed by atoms with E-state index in [0.29, 0.717) is 0 Å². The van der Waals surface area contributed by atoms with E-state index in [1.807, 2.05) is 34.7 Å². The van der Waals surface area contributed by atoms with Gasteiger partial charge in [0, 0.05) is 7.05 Å². The number of carbonyl (C=O) groups is 1. The average Bonchev–Trinajstić information content (AvgIpc) is 2.86. The van der Waals surface area contributed by atoms with Crippen LogP contribution in [0.1, 0.15) is 30.0 Å². The van der Waals surface area contributed by atoms with Gasteiger partial charge in [-0.1, -0.05) is 0 Å². The number of aromatic nitrogens is 4. The summed E-state index contributed by atoms with van der Waals surface area (Å²) in [5.74, 6) is -0.112. The van der Waals surface area contributed by atoms with Gasteiger partial charge in [0.05, 0.1) is 33.4 Å². The van der Waals surface area contributed by atoms with Crippen molar-refractivity contribution in [1.82, 2.24) is 19.6 Å². The average molecular weight is 340 g/mol. The summed E-state index contributed by atoms with van der Waals surface area (Å²) < 4.78 is 4.38. The zero-order chi connectivity index (χ0) is 15.0. The van der Waals surface area contributed by atoms with E-state index in [9.17, 15) is 4.79 Å². The van der Waals surface area contributed by atoms with Crippen LogP contribution in [0, 0.1) is 20.8 Å². The molecule has 0 saturated heterocycles.